The average Bonchev–Trinajstić information content (AvgIpc) is 2.91. The van der Waals surface area contributed by atoms with Crippen molar-refractivity contribution >= 4 is 29.2 Å². The van der Waals surface area contributed by atoms with Crippen LogP contribution in [0, 0.1) is 6.92 Å². The molecule has 1 aliphatic heterocycles. The number of anilines is 3. The third-order valence-electron chi connectivity index (χ3n) is 3.03. The number of aromatic nitrogens is 4. The van der Waals surface area contributed by atoms with Crippen LogP contribution in [0.15, 0.2) is 5.38 Å². The molecule has 0 unspecified atom stereocenters. The van der Waals surface area contributed by atoms with E-state index in [0.29, 0.717) is 31.7 Å². The van der Waals surface area contributed by atoms with Gasteiger partial charge in [0.2, 0.25) is 17.8 Å². The smallest absolute Gasteiger partial charge is 0.232 e. The van der Waals surface area contributed by atoms with Gasteiger partial charge in [-0.1, -0.05) is 0 Å². The lowest BCUT2D eigenvalue weighted by atomic mass is 10.4. The van der Waals surface area contributed by atoms with Crippen molar-refractivity contribution < 1.29 is 4.74 Å². The number of ether oxygens (including phenoxy) is 1. The number of nitrogens with one attached hydrogen (secondary N) is 1. The summed E-state index contributed by atoms with van der Waals surface area (Å²) in [7, 11) is 0. The maximum Gasteiger partial charge on any atom is 0.232 e. The number of nitrogens with two attached hydrogens (primary N) is 1. The highest BCUT2D eigenvalue weighted by Gasteiger charge is 2.15. The van der Waals surface area contributed by atoms with Crippen LogP contribution < -0.4 is 16.0 Å². The predicted octanol–water partition coefficient (Wildman–Crippen LogP) is 0.667. The van der Waals surface area contributed by atoms with Crippen LogP contribution in [0.3, 0.4) is 0 Å². The molecular formula is C12H17N7OS. The molecule has 0 amide bonds. The van der Waals surface area contributed by atoms with E-state index < -0.39 is 0 Å². The van der Waals surface area contributed by atoms with Crippen LogP contribution in [0.1, 0.15) is 10.7 Å². The Kier molecular flexibility index (Phi) is 4.11. The highest BCUT2D eigenvalue weighted by Crippen LogP contribution is 2.14. The Morgan fingerprint density at radius 2 is 2.10 bits per heavy atom. The fourth-order valence-corrected chi connectivity index (χ4v) is 2.64. The number of thiazole rings is 1. The second kappa shape index (κ2) is 6.19. The number of hydrogen-bond acceptors (Lipinski definition) is 9. The summed E-state index contributed by atoms with van der Waals surface area (Å²) in [6.45, 7) is 5.41. The molecule has 1 saturated heterocycles. The monoisotopic (exact) mass is 307 g/mol. The van der Waals surface area contributed by atoms with Gasteiger partial charge in [-0.25, -0.2) is 4.98 Å². The first-order valence-electron chi connectivity index (χ1n) is 6.70. The van der Waals surface area contributed by atoms with Gasteiger partial charge < -0.3 is 20.7 Å². The maximum atomic E-state index is 5.77. The SMILES string of the molecule is Cc1nc(CNc2nc(N)nc(N3CCOCC3)n2)cs1. The van der Waals surface area contributed by atoms with Gasteiger partial charge in [0.05, 0.1) is 30.5 Å². The molecule has 0 aliphatic carbocycles. The Balaban J connectivity index is 1.71. The van der Waals surface area contributed by atoms with Gasteiger partial charge in [0.1, 0.15) is 0 Å². The molecule has 0 bridgehead atoms. The standard InChI is InChI=1S/C12H17N7OS/c1-8-15-9(7-21-8)6-14-11-16-10(13)17-12(18-11)19-2-4-20-5-3-19/h7H,2-6H2,1H3,(H3,13,14,16,17,18). The quantitative estimate of drug-likeness (QED) is 0.849. The summed E-state index contributed by atoms with van der Waals surface area (Å²) in [5.41, 5.74) is 6.73. The van der Waals surface area contributed by atoms with E-state index in [9.17, 15) is 0 Å². The number of nitrogen functional groups attached to an aromatic ring is 1. The Morgan fingerprint density at radius 1 is 1.29 bits per heavy atom. The highest BCUT2D eigenvalue weighted by molar-refractivity contribution is 7.09. The second-order valence-corrected chi connectivity index (χ2v) is 5.69. The molecule has 0 aromatic carbocycles. The molecule has 0 spiro atoms. The summed E-state index contributed by atoms with van der Waals surface area (Å²) < 4.78 is 5.32. The van der Waals surface area contributed by atoms with E-state index in [1.165, 1.54) is 0 Å². The number of nitrogens with zero attached hydrogens (tertiary/aromatic N) is 5. The molecule has 3 N–H and O–H groups in total. The predicted molar refractivity (Wildman–Crippen MR) is 81.4 cm³/mol. The van der Waals surface area contributed by atoms with Crippen LogP contribution in [0.5, 0.6) is 0 Å². The molecule has 1 aliphatic rings. The number of hydrogen-bond donors (Lipinski definition) is 2. The second-order valence-electron chi connectivity index (χ2n) is 4.63. The minimum Gasteiger partial charge on any atom is -0.378 e. The van der Waals surface area contributed by atoms with Crippen molar-refractivity contribution in [3.05, 3.63) is 16.1 Å². The normalized spacial score (nSPS) is 15.2. The third kappa shape index (κ3) is 3.56. The van der Waals surface area contributed by atoms with E-state index in [1.807, 2.05) is 17.2 Å². The summed E-state index contributed by atoms with van der Waals surface area (Å²) in [4.78, 5) is 19.1. The first kappa shape index (κ1) is 14.0. The summed E-state index contributed by atoms with van der Waals surface area (Å²) in [5.74, 6) is 1.26. The van der Waals surface area contributed by atoms with Crippen LogP contribution in [0.25, 0.3) is 0 Å². The summed E-state index contributed by atoms with van der Waals surface area (Å²) in [6.07, 6.45) is 0. The van der Waals surface area contributed by atoms with Crippen molar-refractivity contribution in [2.45, 2.75) is 13.5 Å². The van der Waals surface area contributed by atoms with Crippen LogP contribution in [-0.2, 0) is 11.3 Å². The number of morpholine rings is 1. The molecule has 112 valence electrons. The zero-order valence-electron chi connectivity index (χ0n) is 11.7. The molecule has 0 atom stereocenters. The molecule has 3 heterocycles. The van der Waals surface area contributed by atoms with E-state index in [4.69, 9.17) is 10.5 Å². The fourth-order valence-electron chi connectivity index (χ4n) is 2.02. The largest absolute Gasteiger partial charge is 0.378 e. The lowest BCUT2D eigenvalue weighted by molar-refractivity contribution is 0.122. The van der Waals surface area contributed by atoms with Gasteiger partial charge in [0.15, 0.2) is 0 Å². The lowest BCUT2D eigenvalue weighted by Crippen LogP contribution is -2.37. The number of rotatable bonds is 4. The first-order valence-corrected chi connectivity index (χ1v) is 7.58. The zero-order valence-corrected chi connectivity index (χ0v) is 12.6. The minimum absolute atomic E-state index is 0.212. The molecule has 0 radical (unpaired) electrons. The van der Waals surface area contributed by atoms with Gasteiger partial charge in [-0.2, -0.15) is 15.0 Å². The van der Waals surface area contributed by atoms with Crippen LogP contribution >= 0.6 is 11.3 Å². The lowest BCUT2D eigenvalue weighted by Gasteiger charge is -2.26. The third-order valence-corrected chi connectivity index (χ3v) is 3.85. The highest BCUT2D eigenvalue weighted by atomic mass is 32.1. The van der Waals surface area contributed by atoms with E-state index in [1.54, 1.807) is 11.3 Å². The Morgan fingerprint density at radius 3 is 2.81 bits per heavy atom. The van der Waals surface area contributed by atoms with Gasteiger partial charge >= 0.3 is 0 Å². The van der Waals surface area contributed by atoms with Crippen molar-refractivity contribution in [1.82, 2.24) is 19.9 Å². The topological polar surface area (TPSA) is 102 Å². The zero-order chi connectivity index (χ0) is 14.7. The molecule has 2 aromatic heterocycles. The molecular weight excluding hydrogens is 290 g/mol. The van der Waals surface area contributed by atoms with Gasteiger partial charge in [-0.05, 0) is 6.92 Å². The molecule has 3 rings (SSSR count). The Labute approximate surface area is 126 Å². The molecule has 8 nitrogen and oxygen atoms in total. The van der Waals surface area contributed by atoms with E-state index in [-0.39, 0.29) is 5.95 Å². The van der Waals surface area contributed by atoms with Gasteiger partial charge in [-0.3, -0.25) is 0 Å². The summed E-state index contributed by atoms with van der Waals surface area (Å²) in [5, 5.41) is 6.19. The minimum atomic E-state index is 0.212. The first-order chi connectivity index (χ1) is 10.2. The molecule has 0 saturated carbocycles. The van der Waals surface area contributed by atoms with Crippen LogP contribution in [0.4, 0.5) is 17.8 Å². The van der Waals surface area contributed by atoms with Crippen molar-refractivity contribution in [3.63, 3.8) is 0 Å². The van der Waals surface area contributed by atoms with Gasteiger partial charge in [0.25, 0.3) is 0 Å². The van der Waals surface area contributed by atoms with E-state index in [2.05, 4.69) is 25.3 Å². The Bertz CT molecular complexity index is 611. The average molecular weight is 307 g/mol. The van der Waals surface area contributed by atoms with E-state index >= 15 is 0 Å². The van der Waals surface area contributed by atoms with Crippen molar-refractivity contribution in [2.75, 3.05) is 42.3 Å². The molecule has 2 aromatic rings. The van der Waals surface area contributed by atoms with Crippen LogP contribution in [0.2, 0.25) is 0 Å². The van der Waals surface area contributed by atoms with Crippen molar-refractivity contribution in [2.24, 2.45) is 0 Å². The molecule has 21 heavy (non-hydrogen) atoms. The maximum absolute atomic E-state index is 5.77. The molecule has 1 fully saturated rings. The fraction of sp³-hybridized carbons (Fsp3) is 0.500. The van der Waals surface area contributed by atoms with Gasteiger partial charge in [-0.15, -0.1) is 11.3 Å². The molecule has 9 heteroatoms. The van der Waals surface area contributed by atoms with Crippen molar-refractivity contribution in [1.29, 1.82) is 0 Å². The summed E-state index contributed by atoms with van der Waals surface area (Å²) >= 11 is 1.62. The Hall–Kier alpha value is -2.00. The van der Waals surface area contributed by atoms with Crippen LogP contribution in [-0.4, -0.2) is 46.2 Å². The number of aryl methyl sites for hydroxylation is 1. The van der Waals surface area contributed by atoms with E-state index in [0.717, 1.165) is 23.8 Å². The summed E-state index contributed by atoms with van der Waals surface area (Å²) in [6, 6.07) is 0. The van der Waals surface area contributed by atoms with Gasteiger partial charge in [0, 0.05) is 18.5 Å². The van der Waals surface area contributed by atoms with Crippen molar-refractivity contribution in [3.8, 4) is 0 Å².